The summed E-state index contributed by atoms with van der Waals surface area (Å²) in [5.74, 6) is 0.962. The van der Waals surface area contributed by atoms with E-state index in [1.165, 1.54) is 0 Å². The molecule has 1 saturated heterocycles. The van der Waals surface area contributed by atoms with E-state index >= 15 is 0 Å². The van der Waals surface area contributed by atoms with Crippen LogP contribution < -0.4 is 15.0 Å². The number of anilines is 1. The second kappa shape index (κ2) is 8.71. The quantitative estimate of drug-likeness (QED) is 0.795. The van der Waals surface area contributed by atoms with Crippen LogP contribution in [0.2, 0.25) is 0 Å². The van der Waals surface area contributed by atoms with Crippen molar-refractivity contribution in [3.8, 4) is 5.75 Å². The highest BCUT2D eigenvalue weighted by molar-refractivity contribution is 5.97. The molecule has 1 atom stereocenters. The number of carbonyl (C=O) groups is 2. The molecule has 1 aromatic rings. The van der Waals surface area contributed by atoms with Gasteiger partial charge in [-0.05, 0) is 37.1 Å². The molecule has 1 heterocycles. The molecule has 1 aliphatic rings. The smallest absolute Gasteiger partial charge is 0.229 e. The Hall–Kier alpha value is -2.04. The van der Waals surface area contributed by atoms with E-state index in [1.807, 2.05) is 24.3 Å². The van der Waals surface area contributed by atoms with Crippen LogP contribution in [0.5, 0.6) is 5.75 Å². The van der Waals surface area contributed by atoms with Gasteiger partial charge in [0.2, 0.25) is 11.8 Å². The molecule has 0 aromatic heterocycles. The normalized spacial score (nSPS) is 17.4. The van der Waals surface area contributed by atoms with Crippen molar-refractivity contribution in [2.45, 2.75) is 52.0 Å². The Labute approximate surface area is 144 Å². The molecule has 0 bridgehead atoms. The van der Waals surface area contributed by atoms with Crippen molar-refractivity contribution in [3.63, 3.8) is 0 Å². The molecular weight excluding hydrogens is 304 g/mol. The molecule has 2 rings (SSSR count). The van der Waals surface area contributed by atoms with Gasteiger partial charge in [-0.3, -0.25) is 9.59 Å². The van der Waals surface area contributed by atoms with Gasteiger partial charge in [0.25, 0.3) is 0 Å². The zero-order valence-electron chi connectivity index (χ0n) is 14.9. The van der Waals surface area contributed by atoms with Crippen molar-refractivity contribution < 1.29 is 14.3 Å². The van der Waals surface area contributed by atoms with E-state index < -0.39 is 0 Å². The molecule has 5 heteroatoms. The molecule has 1 aromatic carbocycles. The van der Waals surface area contributed by atoms with Crippen LogP contribution in [-0.4, -0.2) is 31.5 Å². The number of rotatable bonds is 8. The number of nitrogens with zero attached hydrogens (tertiary/aromatic N) is 1. The Morgan fingerprint density at radius 2 is 1.88 bits per heavy atom. The Morgan fingerprint density at radius 3 is 2.42 bits per heavy atom. The maximum Gasteiger partial charge on any atom is 0.229 e. The number of carbonyl (C=O) groups excluding carboxylic acids is 2. The van der Waals surface area contributed by atoms with Gasteiger partial charge in [-0.1, -0.05) is 26.7 Å². The van der Waals surface area contributed by atoms with E-state index in [9.17, 15) is 9.59 Å². The van der Waals surface area contributed by atoms with Gasteiger partial charge < -0.3 is 15.0 Å². The maximum atomic E-state index is 12.5. The molecule has 5 nitrogen and oxygen atoms in total. The largest absolute Gasteiger partial charge is 0.497 e. The number of amides is 2. The van der Waals surface area contributed by atoms with Crippen molar-refractivity contribution in [2.75, 3.05) is 18.6 Å². The lowest BCUT2D eigenvalue weighted by atomic mass is 9.97. The molecular formula is C19H28N2O3. The predicted octanol–water partition coefficient (Wildman–Crippen LogP) is 3.13. The number of benzene rings is 1. The van der Waals surface area contributed by atoms with E-state index in [4.69, 9.17) is 4.74 Å². The van der Waals surface area contributed by atoms with Gasteiger partial charge in [0.15, 0.2) is 0 Å². The fourth-order valence-electron chi connectivity index (χ4n) is 3.24. The number of hydrogen-bond acceptors (Lipinski definition) is 3. The zero-order valence-corrected chi connectivity index (χ0v) is 14.9. The fourth-order valence-corrected chi connectivity index (χ4v) is 3.24. The van der Waals surface area contributed by atoms with Crippen LogP contribution in [0.15, 0.2) is 24.3 Å². The van der Waals surface area contributed by atoms with Crippen LogP contribution in [-0.2, 0) is 9.59 Å². The van der Waals surface area contributed by atoms with Gasteiger partial charge in [-0.15, -0.1) is 0 Å². The standard InChI is InChI=1S/C19H28N2O3/c1-4-6-14(7-5-2)19(23)20-15-12-18(22)21(13-15)16-8-10-17(24-3)11-9-16/h8-11,14-15H,4-7,12-13H2,1-3H3,(H,20,23)/t15-/m0/s1. The Morgan fingerprint density at radius 1 is 1.25 bits per heavy atom. The number of methoxy groups -OCH3 is 1. The average molecular weight is 332 g/mol. The lowest BCUT2D eigenvalue weighted by Crippen LogP contribution is -2.40. The first-order chi connectivity index (χ1) is 11.6. The summed E-state index contributed by atoms with van der Waals surface area (Å²) >= 11 is 0. The maximum absolute atomic E-state index is 12.5. The molecule has 0 saturated carbocycles. The molecule has 0 unspecified atom stereocenters. The van der Waals surface area contributed by atoms with E-state index in [1.54, 1.807) is 12.0 Å². The highest BCUT2D eigenvalue weighted by Crippen LogP contribution is 2.24. The summed E-state index contributed by atoms with van der Waals surface area (Å²) in [5.41, 5.74) is 0.844. The minimum atomic E-state index is -0.108. The third-order valence-corrected chi connectivity index (χ3v) is 4.50. The molecule has 0 spiro atoms. The molecule has 1 N–H and O–H groups in total. The Kier molecular flexibility index (Phi) is 6.64. The topological polar surface area (TPSA) is 58.6 Å². The first-order valence-electron chi connectivity index (χ1n) is 8.83. The molecule has 2 amide bonds. The van der Waals surface area contributed by atoms with E-state index in [0.717, 1.165) is 37.1 Å². The highest BCUT2D eigenvalue weighted by Gasteiger charge is 2.32. The Balaban J connectivity index is 1.96. The van der Waals surface area contributed by atoms with Crippen molar-refractivity contribution in [1.29, 1.82) is 0 Å². The zero-order chi connectivity index (χ0) is 17.5. The van der Waals surface area contributed by atoms with Crippen molar-refractivity contribution in [3.05, 3.63) is 24.3 Å². The van der Waals surface area contributed by atoms with E-state index in [-0.39, 0.29) is 23.8 Å². The summed E-state index contributed by atoms with van der Waals surface area (Å²) in [6, 6.07) is 7.32. The summed E-state index contributed by atoms with van der Waals surface area (Å²) in [4.78, 5) is 26.5. The summed E-state index contributed by atoms with van der Waals surface area (Å²) in [6.45, 7) is 4.72. The van der Waals surface area contributed by atoms with Crippen LogP contribution in [0.4, 0.5) is 5.69 Å². The van der Waals surface area contributed by atoms with Crippen LogP contribution in [0.3, 0.4) is 0 Å². The second-order valence-corrected chi connectivity index (χ2v) is 6.39. The average Bonchev–Trinajstić information content (AvgIpc) is 2.95. The van der Waals surface area contributed by atoms with Gasteiger partial charge >= 0.3 is 0 Å². The van der Waals surface area contributed by atoms with E-state index in [2.05, 4.69) is 19.2 Å². The highest BCUT2D eigenvalue weighted by atomic mass is 16.5. The minimum absolute atomic E-state index is 0.0491. The van der Waals surface area contributed by atoms with Crippen LogP contribution in [0.1, 0.15) is 46.0 Å². The summed E-state index contributed by atoms with van der Waals surface area (Å²) in [6.07, 6.45) is 4.17. The van der Waals surface area contributed by atoms with Gasteiger partial charge in [0.1, 0.15) is 5.75 Å². The van der Waals surface area contributed by atoms with Crippen LogP contribution in [0, 0.1) is 5.92 Å². The monoisotopic (exact) mass is 332 g/mol. The number of nitrogens with one attached hydrogen (secondary N) is 1. The molecule has 1 aliphatic heterocycles. The summed E-state index contributed by atoms with van der Waals surface area (Å²) < 4.78 is 5.14. The summed E-state index contributed by atoms with van der Waals surface area (Å²) in [5, 5.41) is 3.08. The minimum Gasteiger partial charge on any atom is -0.497 e. The molecule has 132 valence electrons. The van der Waals surface area contributed by atoms with Gasteiger partial charge in [0, 0.05) is 24.6 Å². The molecule has 24 heavy (non-hydrogen) atoms. The van der Waals surface area contributed by atoms with Crippen molar-refractivity contribution in [2.24, 2.45) is 5.92 Å². The van der Waals surface area contributed by atoms with Crippen LogP contribution in [0.25, 0.3) is 0 Å². The van der Waals surface area contributed by atoms with E-state index in [0.29, 0.717) is 13.0 Å². The first-order valence-corrected chi connectivity index (χ1v) is 8.83. The molecule has 0 aliphatic carbocycles. The van der Waals surface area contributed by atoms with Gasteiger partial charge in [0.05, 0.1) is 13.2 Å². The van der Waals surface area contributed by atoms with Crippen molar-refractivity contribution >= 4 is 17.5 Å². The summed E-state index contributed by atoms with van der Waals surface area (Å²) in [7, 11) is 1.62. The third kappa shape index (κ3) is 4.49. The van der Waals surface area contributed by atoms with Gasteiger partial charge in [-0.25, -0.2) is 0 Å². The lowest BCUT2D eigenvalue weighted by Gasteiger charge is -2.20. The lowest BCUT2D eigenvalue weighted by molar-refractivity contribution is -0.126. The number of hydrogen-bond donors (Lipinski definition) is 1. The first kappa shape index (κ1) is 18.3. The number of ether oxygens (including phenoxy) is 1. The van der Waals surface area contributed by atoms with Crippen LogP contribution >= 0.6 is 0 Å². The Bertz CT molecular complexity index is 550. The fraction of sp³-hybridized carbons (Fsp3) is 0.579. The molecule has 1 fully saturated rings. The SMILES string of the molecule is CCCC(CCC)C(=O)N[C@H]1CC(=O)N(c2ccc(OC)cc2)C1. The second-order valence-electron chi connectivity index (χ2n) is 6.39. The van der Waals surface area contributed by atoms with Gasteiger partial charge in [-0.2, -0.15) is 0 Å². The van der Waals surface area contributed by atoms with Crippen molar-refractivity contribution in [1.82, 2.24) is 5.32 Å². The third-order valence-electron chi connectivity index (χ3n) is 4.50. The predicted molar refractivity (Wildman–Crippen MR) is 95.2 cm³/mol. The molecule has 0 radical (unpaired) electrons.